The molecule has 20 heavy (non-hydrogen) atoms. The second-order valence-electron chi connectivity index (χ2n) is 5.60. The molecule has 114 valence electrons. The van der Waals surface area contributed by atoms with Crippen LogP contribution in [0.4, 0.5) is 0 Å². The van der Waals surface area contributed by atoms with E-state index in [9.17, 15) is 13.2 Å². The number of sulfone groups is 1. The van der Waals surface area contributed by atoms with Gasteiger partial charge in [-0.3, -0.25) is 4.79 Å². The number of carbonyl (C=O) groups excluding carboxylic acids is 1. The molecule has 0 aliphatic rings. The zero-order valence-corrected chi connectivity index (χ0v) is 13.7. The topological polar surface area (TPSA) is 89.3 Å². The SMILES string of the molecule is CC(C)(CNC(=O)C(N)CCS(C)(=O)=O)c1cccs1. The molecule has 0 bridgehead atoms. The Morgan fingerprint density at radius 3 is 2.65 bits per heavy atom. The molecule has 0 radical (unpaired) electrons. The minimum Gasteiger partial charge on any atom is -0.354 e. The van der Waals surface area contributed by atoms with Crippen LogP contribution in [0.2, 0.25) is 0 Å². The second kappa shape index (κ2) is 6.69. The van der Waals surface area contributed by atoms with E-state index in [2.05, 4.69) is 5.32 Å². The Bertz CT molecular complexity index is 536. The molecule has 0 aliphatic heterocycles. The van der Waals surface area contributed by atoms with Crippen molar-refractivity contribution in [1.82, 2.24) is 5.32 Å². The van der Waals surface area contributed by atoms with Crippen LogP contribution in [0.1, 0.15) is 25.1 Å². The highest BCUT2D eigenvalue weighted by molar-refractivity contribution is 7.90. The Morgan fingerprint density at radius 1 is 1.50 bits per heavy atom. The summed E-state index contributed by atoms with van der Waals surface area (Å²) in [7, 11) is -3.09. The molecular formula is C13H22N2O3S2. The average Bonchev–Trinajstić information content (AvgIpc) is 2.86. The summed E-state index contributed by atoms with van der Waals surface area (Å²) in [5.41, 5.74) is 5.53. The summed E-state index contributed by atoms with van der Waals surface area (Å²) in [5, 5.41) is 4.79. The van der Waals surface area contributed by atoms with Crippen molar-refractivity contribution in [2.45, 2.75) is 31.7 Å². The standard InChI is InChI=1S/C13H22N2O3S2/c1-13(2,11-5-4-7-19-11)9-15-12(16)10(14)6-8-20(3,17)18/h4-5,7,10H,6,8-9,14H2,1-3H3,(H,15,16). The quantitative estimate of drug-likeness (QED) is 0.782. The van der Waals surface area contributed by atoms with E-state index in [1.54, 1.807) is 11.3 Å². The summed E-state index contributed by atoms with van der Waals surface area (Å²) in [6.07, 6.45) is 1.28. The summed E-state index contributed by atoms with van der Waals surface area (Å²) in [4.78, 5) is 13.0. The lowest BCUT2D eigenvalue weighted by Gasteiger charge is -2.24. The van der Waals surface area contributed by atoms with Crippen LogP contribution in [0.15, 0.2) is 17.5 Å². The molecule has 0 saturated heterocycles. The molecule has 5 nitrogen and oxygen atoms in total. The first-order chi connectivity index (χ1) is 9.12. The molecule has 1 aromatic rings. The van der Waals surface area contributed by atoms with Gasteiger partial charge in [0.05, 0.1) is 11.8 Å². The highest BCUT2D eigenvalue weighted by atomic mass is 32.2. The second-order valence-corrected chi connectivity index (χ2v) is 8.81. The minimum atomic E-state index is -3.09. The predicted octanol–water partition coefficient (Wildman–Crippen LogP) is 0.904. The van der Waals surface area contributed by atoms with Crippen molar-refractivity contribution in [1.29, 1.82) is 0 Å². The zero-order valence-electron chi connectivity index (χ0n) is 12.0. The molecule has 1 atom stereocenters. The monoisotopic (exact) mass is 318 g/mol. The van der Waals surface area contributed by atoms with Gasteiger partial charge in [0.2, 0.25) is 5.91 Å². The fourth-order valence-corrected chi connectivity index (χ4v) is 3.20. The smallest absolute Gasteiger partial charge is 0.236 e. The van der Waals surface area contributed by atoms with Crippen molar-refractivity contribution in [2.75, 3.05) is 18.6 Å². The van der Waals surface area contributed by atoms with Gasteiger partial charge >= 0.3 is 0 Å². The van der Waals surface area contributed by atoms with Crippen LogP contribution in [-0.4, -0.2) is 38.9 Å². The molecular weight excluding hydrogens is 296 g/mol. The molecule has 1 amide bonds. The predicted molar refractivity (Wildman–Crippen MR) is 82.7 cm³/mol. The lowest BCUT2D eigenvalue weighted by atomic mass is 9.91. The van der Waals surface area contributed by atoms with Crippen LogP contribution < -0.4 is 11.1 Å². The lowest BCUT2D eigenvalue weighted by Crippen LogP contribution is -2.45. The number of rotatable bonds is 7. The van der Waals surface area contributed by atoms with Gasteiger partial charge in [-0.1, -0.05) is 19.9 Å². The Balaban J connectivity index is 2.47. The van der Waals surface area contributed by atoms with Crippen LogP contribution in [0.3, 0.4) is 0 Å². The summed E-state index contributed by atoms with van der Waals surface area (Å²) in [6.45, 7) is 4.56. The maximum Gasteiger partial charge on any atom is 0.236 e. The van der Waals surface area contributed by atoms with Crippen molar-refractivity contribution < 1.29 is 13.2 Å². The third-order valence-electron chi connectivity index (χ3n) is 3.03. The van der Waals surface area contributed by atoms with Gasteiger partial charge in [0.15, 0.2) is 0 Å². The molecule has 7 heteroatoms. The van der Waals surface area contributed by atoms with Gasteiger partial charge in [0.1, 0.15) is 9.84 Å². The minimum absolute atomic E-state index is 0.0735. The zero-order chi connectivity index (χ0) is 15.4. The Morgan fingerprint density at radius 2 is 2.15 bits per heavy atom. The fourth-order valence-electron chi connectivity index (χ4n) is 1.66. The van der Waals surface area contributed by atoms with E-state index in [0.29, 0.717) is 6.54 Å². The maximum absolute atomic E-state index is 11.8. The van der Waals surface area contributed by atoms with E-state index < -0.39 is 15.9 Å². The van der Waals surface area contributed by atoms with Crippen LogP contribution >= 0.6 is 11.3 Å². The summed E-state index contributed by atoms with van der Waals surface area (Å²) in [6, 6.07) is 3.21. The first-order valence-corrected chi connectivity index (χ1v) is 9.31. The van der Waals surface area contributed by atoms with E-state index in [0.717, 1.165) is 6.26 Å². The molecule has 3 N–H and O–H groups in total. The van der Waals surface area contributed by atoms with Crippen molar-refractivity contribution >= 4 is 27.1 Å². The van der Waals surface area contributed by atoms with Crippen molar-refractivity contribution in [2.24, 2.45) is 5.73 Å². The number of thiophene rings is 1. The first-order valence-electron chi connectivity index (χ1n) is 6.37. The fraction of sp³-hybridized carbons (Fsp3) is 0.615. The van der Waals surface area contributed by atoms with Gasteiger partial charge < -0.3 is 11.1 Å². The molecule has 0 fully saturated rings. The van der Waals surface area contributed by atoms with Gasteiger partial charge in [0.25, 0.3) is 0 Å². The van der Waals surface area contributed by atoms with Crippen LogP contribution in [-0.2, 0) is 20.0 Å². The maximum atomic E-state index is 11.8. The lowest BCUT2D eigenvalue weighted by molar-refractivity contribution is -0.122. The van der Waals surface area contributed by atoms with Gasteiger partial charge in [-0.05, 0) is 17.9 Å². The van der Waals surface area contributed by atoms with Gasteiger partial charge in [0, 0.05) is 23.1 Å². The van der Waals surface area contributed by atoms with Crippen molar-refractivity contribution in [3.63, 3.8) is 0 Å². The van der Waals surface area contributed by atoms with E-state index in [-0.39, 0.29) is 23.5 Å². The number of nitrogens with two attached hydrogens (primary N) is 1. The third kappa shape index (κ3) is 5.60. The van der Waals surface area contributed by atoms with E-state index >= 15 is 0 Å². The summed E-state index contributed by atoms with van der Waals surface area (Å²) >= 11 is 1.64. The Labute approximate surface area is 124 Å². The van der Waals surface area contributed by atoms with E-state index in [1.807, 2.05) is 31.4 Å². The number of amides is 1. The first kappa shape index (κ1) is 17.1. The third-order valence-corrected chi connectivity index (χ3v) is 5.24. The number of nitrogens with one attached hydrogen (secondary N) is 1. The average molecular weight is 318 g/mol. The van der Waals surface area contributed by atoms with E-state index in [4.69, 9.17) is 5.73 Å². The van der Waals surface area contributed by atoms with Gasteiger partial charge in [-0.2, -0.15) is 0 Å². The Kier molecular flexibility index (Phi) is 5.73. The van der Waals surface area contributed by atoms with E-state index in [1.165, 1.54) is 4.88 Å². The number of hydrogen-bond donors (Lipinski definition) is 2. The molecule has 0 aromatic carbocycles. The van der Waals surface area contributed by atoms with Crippen molar-refractivity contribution in [3.8, 4) is 0 Å². The molecule has 0 aliphatic carbocycles. The number of hydrogen-bond acceptors (Lipinski definition) is 5. The van der Waals surface area contributed by atoms with Crippen LogP contribution in [0.5, 0.6) is 0 Å². The molecule has 1 aromatic heterocycles. The molecule has 0 spiro atoms. The molecule has 1 unspecified atom stereocenters. The molecule has 1 heterocycles. The normalized spacial score (nSPS) is 14.0. The molecule has 0 saturated carbocycles. The van der Waals surface area contributed by atoms with Gasteiger partial charge in [-0.25, -0.2) is 8.42 Å². The highest BCUT2D eigenvalue weighted by Crippen LogP contribution is 2.26. The molecule has 1 rings (SSSR count). The largest absolute Gasteiger partial charge is 0.354 e. The van der Waals surface area contributed by atoms with Crippen LogP contribution in [0, 0.1) is 0 Å². The van der Waals surface area contributed by atoms with Crippen molar-refractivity contribution in [3.05, 3.63) is 22.4 Å². The summed E-state index contributed by atoms with van der Waals surface area (Å²) < 4.78 is 22.1. The Hall–Kier alpha value is -0.920. The van der Waals surface area contributed by atoms with Gasteiger partial charge in [-0.15, -0.1) is 11.3 Å². The summed E-state index contributed by atoms with van der Waals surface area (Å²) in [5.74, 6) is -0.381. The number of carbonyl (C=O) groups is 1. The van der Waals surface area contributed by atoms with Crippen LogP contribution in [0.25, 0.3) is 0 Å². The highest BCUT2D eigenvalue weighted by Gasteiger charge is 2.24.